The Morgan fingerprint density at radius 1 is 1.03 bits per heavy atom. The molecule has 5 nitrogen and oxygen atoms in total. The second kappa shape index (κ2) is 9.21. The fourth-order valence-corrected chi connectivity index (χ4v) is 4.21. The van der Waals surface area contributed by atoms with Crippen LogP contribution in [0.25, 0.3) is 5.69 Å². The van der Waals surface area contributed by atoms with Gasteiger partial charge in [-0.3, -0.25) is 9.59 Å². The summed E-state index contributed by atoms with van der Waals surface area (Å²) in [5.41, 5.74) is 0.0989. The van der Waals surface area contributed by atoms with E-state index >= 15 is 0 Å². The molecule has 3 aromatic rings. The van der Waals surface area contributed by atoms with Gasteiger partial charge in [0.2, 0.25) is 5.43 Å². The van der Waals surface area contributed by atoms with Gasteiger partial charge >= 0.3 is 6.18 Å². The number of aryl methyl sites for hydroxylation is 1. The zero-order valence-corrected chi connectivity index (χ0v) is 18.2. The van der Waals surface area contributed by atoms with E-state index in [1.807, 2.05) is 18.2 Å². The van der Waals surface area contributed by atoms with Gasteiger partial charge < -0.3 is 4.90 Å². The van der Waals surface area contributed by atoms with Gasteiger partial charge in [-0.1, -0.05) is 36.4 Å². The molecule has 0 saturated carbocycles. The van der Waals surface area contributed by atoms with Crippen LogP contribution in [0.2, 0.25) is 0 Å². The molecule has 0 bridgehead atoms. The highest BCUT2D eigenvalue weighted by molar-refractivity contribution is 5.92. The number of rotatable bonds is 4. The third-order valence-electron chi connectivity index (χ3n) is 6.00. The highest BCUT2D eigenvalue weighted by atomic mass is 19.4. The summed E-state index contributed by atoms with van der Waals surface area (Å²) < 4.78 is 40.6. The van der Waals surface area contributed by atoms with Crippen molar-refractivity contribution in [1.29, 1.82) is 0 Å². The molecule has 1 saturated heterocycles. The third kappa shape index (κ3) is 5.16. The lowest BCUT2D eigenvalue weighted by molar-refractivity contribution is -0.137. The first kappa shape index (κ1) is 22.8. The predicted octanol–water partition coefficient (Wildman–Crippen LogP) is 4.65. The fourth-order valence-electron chi connectivity index (χ4n) is 4.21. The zero-order valence-electron chi connectivity index (χ0n) is 18.2. The largest absolute Gasteiger partial charge is 0.416 e. The van der Waals surface area contributed by atoms with Crippen LogP contribution in [0.1, 0.15) is 40.2 Å². The van der Waals surface area contributed by atoms with Gasteiger partial charge in [-0.05, 0) is 55.9 Å². The van der Waals surface area contributed by atoms with Crippen LogP contribution >= 0.6 is 0 Å². The topological polar surface area (TPSA) is 55.2 Å². The van der Waals surface area contributed by atoms with Crippen LogP contribution < -0.4 is 5.43 Å². The summed E-state index contributed by atoms with van der Waals surface area (Å²) in [6.07, 6.45) is -1.94. The maximum atomic E-state index is 13.1. The summed E-state index contributed by atoms with van der Waals surface area (Å²) in [4.78, 5) is 27.2. The predicted molar refractivity (Wildman–Crippen MR) is 118 cm³/mol. The van der Waals surface area contributed by atoms with Crippen LogP contribution in [0.4, 0.5) is 13.2 Å². The molecule has 1 aliphatic rings. The van der Waals surface area contributed by atoms with Crippen LogP contribution in [0.15, 0.2) is 65.5 Å². The average molecular weight is 455 g/mol. The third-order valence-corrected chi connectivity index (χ3v) is 6.00. The van der Waals surface area contributed by atoms with Crippen LogP contribution in [0.3, 0.4) is 0 Å². The number of benzene rings is 2. The molecule has 1 amide bonds. The first-order valence-electron chi connectivity index (χ1n) is 10.8. The quantitative estimate of drug-likeness (QED) is 0.575. The van der Waals surface area contributed by atoms with Crippen LogP contribution in [-0.2, 0) is 12.6 Å². The molecule has 8 heteroatoms. The molecule has 33 heavy (non-hydrogen) atoms. The van der Waals surface area contributed by atoms with E-state index in [1.54, 1.807) is 11.8 Å². The minimum atomic E-state index is -4.51. The van der Waals surface area contributed by atoms with E-state index in [9.17, 15) is 22.8 Å². The van der Waals surface area contributed by atoms with Gasteiger partial charge in [0.05, 0.1) is 11.3 Å². The Labute approximate surface area is 189 Å². The summed E-state index contributed by atoms with van der Waals surface area (Å²) in [7, 11) is 0. The second-order valence-corrected chi connectivity index (χ2v) is 8.38. The van der Waals surface area contributed by atoms with Crippen LogP contribution in [0.5, 0.6) is 0 Å². The standard InChI is InChI=1S/C25H24F3N3O2/c1-17-14-22(32)23(29-31(17)21-9-5-8-20(16-21)25(26,27)28)24(33)30-12-10-19(11-13-30)15-18-6-3-2-4-7-18/h2-9,14,16,19H,10-13,15H2,1H3. The minimum absolute atomic E-state index is 0.137. The molecule has 2 aromatic carbocycles. The molecule has 1 aliphatic heterocycles. The molecule has 172 valence electrons. The lowest BCUT2D eigenvalue weighted by Gasteiger charge is -2.31. The highest BCUT2D eigenvalue weighted by Gasteiger charge is 2.31. The Hall–Kier alpha value is -3.42. The van der Waals surface area contributed by atoms with E-state index in [4.69, 9.17) is 0 Å². The normalized spacial score (nSPS) is 15.0. The van der Waals surface area contributed by atoms with Crippen LogP contribution in [0, 0.1) is 12.8 Å². The van der Waals surface area contributed by atoms with Gasteiger partial charge in [-0.25, -0.2) is 4.68 Å². The van der Waals surface area contributed by atoms with E-state index in [1.165, 1.54) is 28.4 Å². The van der Waals surface area contributed by atoms with E-state index in [0.29, 0.717) is 24.7 Å². The maximum absolute atomic E-state index is 13.1. The number of carbonyl (C=O) groups excluding carboxylic acids is 1. The Morgan fingerprint density at radius 3 is 2.39 bits per heavy atom. The zero-order chi connectivity index (χ0) is 23.6. The summed E-state index contributed by atoms with van der Waals surface area (Å²) in [5.74, 6) is -0.0388. The number of hydrogen-bond donors (Lipinski definition) is 0. The van der Waals surface area contributed by atoms with Gasteiger partial charge in [0, 0.05) is 24.8 Å². The van der Waals surface area contributed by atoms with Gasteiger partial charge in [0.15, 0.2) is 5.69 Å². The maximum Gasteiger partial charge on any atom is 0.416 e. The first-order chi connectivity index (χ1) is 15.7. The van der Waals surface area contributed by atoms with Crippen molar-refractivity contribution in [2.45, 2.75) is 32.4 Å². The summed E-state index contributed by atoms with van der Waals surface area (Å²) in [5, 5.41) is 4.17. The van der Waals surface area contributed by atoms with Crippen molar-refractivity contribution in [2.24, 2.45) is 5.92 Å². The van der Waals surface area contributed by atoms with Gasteiger partial charge in [-0.15, -0.1) is 0 Å². The lowest BCUT2D eigenvalue weighted by Crippen LogP contribution is -2.41. The van der Waals surface area contributed by atoms with E-state index in [2.05, 4.69) is 17.2 Å². The monoisotopic (exact) mass is 455 g/mol. The molecule has 0 atom stereocenters. The van der Waals surface area contributed by atoms with Crippen LogP contribution in [-0.4, -0.2) is 33.7 Å². The lowest BCUT2D eigenvalue weighted by atomic mass is 9.90. The van der Waals surface area contributed by atoms with E-state index in [0.717, 1.165) is 31.4 Å². The van der Waals surface area contributed by atoms with Crippen molar-refractivity contribution in [3.8, 4) is 5.69 Å². The number of carbonyl (C=O) groups is 1. The van der Waals surface area contributed by atoms with Gasteiger partial charge in [0.25, 0.3) is 5.91 Å². The summed E-state index contributed by atoms with van der Waals surface area (Å²) >= 11 is 0. The Balaban J connectivity index is 1.53. The van der Waals surface area contributed by atoms with Crippen molar-refractivity contribution < 1.29 is 18.0 Å². The molecule has 1 aromatic heterocycles. The van der Waals surface area contributed by atoms with Crippen molar-refractivity contribution in [1.82, 2.24) is 14.7 Å². The van der Waals surface area contributed by atoms with Gasteiger partial charge in [-0.2, -0.15) is 18.3 Å². The molecule has 1 fully saturated rings. The molecule has 4 rings (SSSR count). The molecule has 2 heterocycles. The number of likely N-dealkylation sites (tertiary alicyclic amines) is 1. The summed E-state index contributed by atoms with van der Waals surface area (Å²) in [6.45, 7) is 2.59. The van der Waals surface area contributed by atoms with Crippen molar-refractivity contribution >= 4 is 5.91 Å². The minimum Gasteiger partial charge on any atom is -0.337 e. The number of alkyl halides is 3. The number of piperidine rings is 1. The van der Waals surface area contributed by atoms with Crippen molar-refractivity contribution in [2.75, 3.05) is 13.1 Å². The first-order valence-corrected chi connectivity index (χ1v) is 10.8. The fraction of sp³-hybridized carbons (Fsp3) is 0.320. The van der Waals surface area contributed by atoms with Crippen molar-refractivity contribution in [3.63, 3.8) is 0 Å². The summed E-state index contributed by atoms with van der Waals surface area (Å²) in [6, 6.07) is 16.1. The average Bonchev–Trinajstić information content (AvgIpc) is 2.79. The molecule has 0 spiro atoms. The molecule has 0 N–H and O–H groups in total. The number of halogens is 3. The smallest absolute Gasteiger partial charge is 0.337 e. The SMILES string of the molecule is Cc1cc(=O)c(C(=O)N2CCC(Cc3ccccc3)CC2)nn1-c1cccc(C(F)(F)F)c1. The molecular formula is C25H24F3N3O2. The number of aromatic nitrogens is 2. The highest BCUT2D eigenvalue weighted by Crippen LogP contribution is 2.30. The van der Waals surface area contributed by atoms with Crippen molar-refractivity contribution in [3.05, 3.63) is 93.4 Å². The molecule has 0 unspecified atom stereocenters. The second-order valence-electron chi connectivity index (χ2n) is 8.38. The number of nitrogens with zero attached hydrogens (tertiary/aromatic N) is 3. The molecular weight excluding hydrogens is 431 g/mol. The Bertz CT molecular complexity index is 1200. The number of hydrogen-bond acceptors (Lipinski definition) is 3. The number of amides is 1. The molecule has 0 aliphatic carbocycles. The van der Waals surface area contributed by atoms with E-state index in [-0.39, 0.29) is 11.4 Å². The van der Waals surface area contributed by atoms with Gasteiger partial charge in [0.1, 0.15) is 0 Å². The van der Waals surface area contributed by atoms with E-state index < -0.39 is 23.1 Å². The Morgan fingerprint density at radius 2 is 1.73 bits per heavy atom. The Kier molecular flexibility index (Phi) is 6.35. The molecule has 0 radical (unpaired) electrons.